The van der Waals surface area contributed by atoms with Crippen molar-refractivity contribution in [1.29, 1.82) is 0 Å². The van der Waals surface area contributed by atoms with Crippen molar-refractivity contribution in [3.05, 3.63) is 30.5 Å². The number of anilines is 2. The fraction of sp³-hybridized carbons (Fsp3) is 0.455. The number of carbonyl (C=O) groups is 1. The molecule has 1 saturated heterocycles. The molecule has 170 valence electrons. The van der Waals surface area contributed by atoms with Gasteiger partial charge in [0, 0.05) is 37.1 Å². The molecule has 0 bridgehead atoms. The first-order valence-corrected chi connectivity index (χ1v) is 10.8. The third kappa shape index (κ3) is 5.14. The van der Waals surface area contributed by atoms with Crippen LogP contribution in [0.15, 0.2) is 30.5 Å². The molecule has 0 atom stereocenters. The zero-order chi connectivity index (χ0) is 22.7. The highest BCUT2D eigenvalue weighted by Gasteiger charge is 2.21. The van der Waals surface area contributed by atoms with E-state index in [0.29, 0.717) is 56.7 Å². The van der Waals surface area contributed by atoms with E-state index in [4.69, 9.17) is 14.7 Å². The molecule has 0 saturated carbocycles. The van der Waals surface area contributed by atoms with Crippen molar-refractivity contribution in [1.82, 2.24) is 25.1 Å². The normalized spacial score (nSPS) is 14.6. The van der Waals surface area contributed by atoms with Crippen LogP contribution in [0, 0.1) is 0 Å². The molecule has 0 aliphatic carbocycles. The van der Waals surface area contributed by atoms with Crippen molar-refractivity contribution in [2.75, 3.05) is 43.1 Å². The lowest BCUT2D eigenvalue weighted by molar-refractivity contribution is 0.0579. The summed E-state index contributed by atoms with van der Waals surface area (Å²) in [6.07, 6.45) is 1.87. The Morgan fingerprint density at radius 1 is 1.19 bits per heavy atom. The highest BCUT2D eigenvalue weighted by molar-refractivity contribution is 5.92. The predicted octanol–water partition coefficient (Wildman–Crippen LogP) is 2.24. The molecule has 32 heavy (non-hydrogen) atoms. The molecule has 10 nitrogen and oxygen atoms in total. The van der Waals surface area contributed by atoms with Crippen molar-refractivity contribution in [3.8, 4) is 11.3 Å². The third-order valence-electron chi connectivity index (χ3n) is 5.01. The summed E-state index contributed by atoms with van der Waals surface area (Å²) in [5.74, 6) is 0.605. The largest absolute Gasteiger partial charge is 0.389 e. The van der Waals surface area contributed by atoms with Crippen molar-refractivity contribution < 1.29 is 14.6 Å². The summed E-state index contributed by atoms with van der Waals surface area (Å²) in [6, 6.07) is 7.27. The number of hydrogen-bond acceptors (Lipinski definition) is 7. The van der Waals surface area contributed by atoms with Crippen LogP contribution in [-0.2, 0) is 11.3 Å². The van der Waals surface area contributed by atoms with Gasteiger partial charge in [-0.2, -0.15) is 10.1 Å². The molecular formula is C22H29N7O3. The quantitative estimate of drug-likeness (QED) is 0.539. The van der Waals surface area contributed by atoms with Gasteiger partial charge in [0.2, 0.25) is 5.95 Å². The van der Waals surface area contributed by atoms with Crippen molar-refractivity contribution >= 4 is 28.7 Å². The minimum atomic E-state index is -0.908. The first-order valence-electron chi connectivity index (χ1n) is 10.8. The van der Waals surface area contributed by atoms with Gasteiger partial charge in [-0.25, -0.2) is 9.78 Å². The van der Waals surface area contributed by atoms with Crippen LogP contribution in [0.3, 0.4) is 0 Å². The Kier molecular flexibility index (Phi) is 6.24. The number of aliphatic hydroxyl groups is 1. The van der Waals surface area contributed by atoms with E-state index < -0.39 is 5.60 Å². The molecule has 1 aliphatic rings. The number of morpholine rings is 1. The van der Waals surface area contributed by atoms with E-state index in [9.17, 15) is 9.90 Å². The number of rotatable bonds is 6. The second-order valence-electron chi connectivity index (χ2n) is 8.41. The SMILES string of the molecule is CCNC(=O)Nc1ccc(-c2nc(N3CCOCC3)nc3nn(CC(C)(C)O)cc23)cc1. The van der Waals surface area contributed by atoms with Crippen molar-refractivity contribution in [2.45, 2.75) is 32.9 Å². The van der Waals surface area contributed by atoms with E-state index in [-0.39, 0.29) is 6.03 Å². The van der Waals surface area contributed by atoms with Crippen LogP contribution >= 0.6 is 0 Å². The summed E-state index contributed by atoms with van der Waals surface area (Å²) in [4.78, 5) is 23.4. The molecule has 4 rings (SSSR count). The standard InChI is InChI=1S/C22H29N7O3/c1-4-23-21(30)24-16-7-5-15(6-8-16)18-17-13-29(14-22(2,3)31)27-19(17)26-20(25-18)28-9-11-32-12-10-28/h5-8,13,31H,4,9-12,14H2,1-3H3,(H2,23,24,30). The van der Waals surface area contributed by atoms with Crippen molar-refractivity contribution in [3.63, 3.8) is 0 Å². The Balaban J connectivity index is 1.72. The molecule has 0 spiro atoms. The summed E-state index contributed by atoms with van der Waals surface area (Å²) >= 11 is 0. The average molecular weight is 440 g/mol. The van der Waals surface area contributed by atoms with Crippen LogP contribution in [0.5, 0.6) is 0 Å². The van der Waals surface area contributed by atoms with Gasteiger partial charge < -0.3 is 25.4 Å². The van der Waals surface area contributed by atoms with Crippen LogP contribution in [-0.4, -0.2) is 69.3 Å². The van der Waals surface area contributed by atoms with Crippen LogP contribution in [0.1, 0.15) is 20.8 Å². The van der Waals surface area contributed by atoms with Gasteiger partial charge in [0.15, 0.2) is 5.65 Å². The molecule has 1 aliphatic heterocycles. The summed E-state index contributed by atoms with van der Waals surface area (Å²) in [6.45, 7) is 8.93. The zero-order valence-corrected chi connectivity index (χ0v) is 18.6. The van der Waals surface area contributed by atoms with Crippen LogP contribution in [0.2, 0.25) is 0 Å². The number of fused-ring (bicyclic) bond motifs is 1. The molecule has 3 heterocycles. The maximum absolute atomic E-state index is 11.8. The maximum atomic E-state index is 11.8. The van der Waals surface area contributed by atoms with E-state index in [1.54, 1.807) is 18.5 Å². The van der Waals surface area contributed by atoms with Gasteiger partial charge in [-0.05, 0) is 32.9 Å². The summed E-state index contributed by atoms with van der Waals surface area (Å²) < 4.78 is 7.17. The van der Waals surface area contributed by atoms with E-state index in [1.807, 2.05) is 37.4 Å². The number of ether oxygens (including phenoxy) is 1. The lowest BCUT2D eigenvalue weighted by Gasteiger charge is -2.27. The molecule has 0 radical (unpaired) electrons. The lowest BCUT2D eigenvalue weighted by atomic mass is 10.1. The van der Waals surface area contributed by atoms with Crippen LogP contribution < -0.4 is 15.5 Å². The van der Waals surface area contributed by atoms with Crippen LogP contribution in [0.4, 0.5) is 16.4 Å². The van der Waals surface area contributed by atoms with Gasteiger partial charge in [0.25, 0.3) is 0 Å². The molecule has 10 heteroatoms. The first kappa shape index (κ1) is 22.0. The van der Waals surface area contributed by atoms with Gasteiger partial charge >= 0.3 is 6.03 Å². The molecule has 3 N–H and O–H groups in total. The zero-order valence-electron chi connectivity index (χ0n) is 18.6. The highest BCUT2D eigenvalue weighted by atomic mass is 16.5. The maximum Gasteiger partial charge on any atom is 0.319 e. The van der Waals surface area contributed by atoms with E-state index in [0.717, 1.165) is 16.6 Å². The molecular weight excluding hydrogens is 410 g/mol. The Morgan fingerprint density at radius 2 is 1.91 bits per heavy atom. The number of carbonyl (C=O) groups excluding carboxylic acids is 1. The molecule has 1 aromatic carbocycles. The Bertz CT molecular complexity index is 1080. The third-order valence-corrected chi connectivity index (χ3v) is 5.01. The highest BCUT2D eigenvalue weighted by Crippen LogP contribution is 2.29. The van der Waals surface area contributed by atoms with Gasteiger partial charge in [-0.1, -0.05) is 12.1 Å². The Hall–Kier alpha value is -3.24. The lowest BCUT2D eigenvalue weighted by Crippen LogP contribution is -2.37. The first-order chi connectivity index (χ1) is 15.3. The number of amides is 2. The number of nitrogens with one attached hydrogen (secondary N) is 2. The van der Waals surface area contributed by atoms with Gasteiger partial charge in [-0.15, -0.1) is 0 Å². The summed E-state index contributed by atoms with van der Waals surface area (Å²) in [7, 11) is 0. The summed E-state index contributed by atoms with van der Waals surface area (Å²) in [5, 5.41) is 21.1. The topological polar surface area (TPSA) is 117 Å². The molecule has 1 fully saturated rings. The molecule has 2 aromatic heterocycles. The van der Waals surface area contributed by atoms with E-state index >= 15 is 0 Å². The second-order valence-corrected chi connectivity index (χ2v) is 8.41. The number of benzene rings is 1. The van der Waals surface area contributed by atoms with Gasteiger partial charge in [-0.3, -0.25) is 4.68 Å². The Labute approximate surface area is 186 Å². The minimum Gasteiger partial charge on any atom is -0.389 e. The van der Waals surface area contributed by atoms with Crippen LogP contribution in [0.25, 0.3) is 22.3 Å². The number of nitrogens with zero attached hydrogens (tertiary/aromatic N) is 5. The Morgan fingerprint density at radius 3 is 2.56 bits per heavy atom. The molecule has 0 unspecified atom stereocenters. The van der Waals surface area contributed by atoms with Gasteiger partial charge in [0.05, 0.1) is 36.4 Å². The number of hydrogen-bond donors (Lipinski definition) is 3. The van der Waals surface area contributed by atoms with E-state index in [1.165, 1.54) is 0 Å². The van der Waals surface area contributed by atoms with Gasteiger partial charge in [0.1, 0.15) is 0 Å². The second kappa shape index (κ2) is 9.09. The average Bonchev–Trinajstić information content (AvgIpc) is 3.15. The predicted molar refractivity (Wildman–Crippen MR) is 123 cm³/mol. The number of aromatic nitrogens is 4. The fourth-order valence-electron chi connectivity index (χ4n) is 3.59. The summed E-state index contributed by atoms with van der Waals surface area (Å²) in [5.41, 5.74) is 2.00. The monoisotopic (exact) mass is 439 g/mol. The van der Waals surface area contributed by atoms with Crippen molar-refractivity contribution in [2.24, 2.45) is 0 Å². The molecule has 3 aromatic rings. The smallest absolute Gasteiger partial charge is 0.319 e. The van der Waals surface area contributed by atoms with E-state index in [2.05, 4.69) is 20.6 Å². The fourth-order valence-corrected chi connectivity index (χ4v) is 3.59. The minimum absolute atomic E-state index is 0.243. The molecule has 2 amide bonds. The number of urea groups is 1.